The van der Waals surface area contributed by atoms with Gasteiger partial charge in [-0.05, 0) is 53.6 Å². The van der Waals surface area contributed by atoms with E-state index in [9.17, 15) is 10.1 Å². The zero-order chi connectivity index (χ0) is 22.5. The third kappa shape index (κ3) is 4.97. The third-order valence-electron chi connectivity index (χ3n) is 4.60. The molecule has 0 unspecified atom stereocenters. The molecule has 3 aromatic carbocycles. The zero-order valence-electron chi connectivity index (χ0n) is 16.6. The SMILES string of the molecule is N#C/C(=C/c1ccc(OCc2ccc3c(c2)OCO3)cc1)C(=O)Nc1cccc(Cl)c1Cl. The van der Waals surface area contributed by atoms with Crippen molar-refractivity contribution in [2.45, 2.75) is 6.61 Å². The second kappa shape index (κ2) is 9.65. The van der Waals surface area contributed by atoms with Crippen LogP contribution < -0.4 is 19.5 Å². The summed E-state index contributed by atoms with van der Waals surface area (Å²) in [5.41, 5.74) is 1.87. The topological polar surface area (TPSA) is 80.6 Å². The van der Waals surface area contributed by atoms with E-state index in [-0.39, 0.29) is 17.4 Å². The Bertz CT molecular complexity index is 1230. The van der Waals surface area contributed by atoms with E-state index in [1.807, 2.05) is 24.3 Å². The summed E-state index contributed by atoms with van der Waals surface area (Å²) in [4.78, 5) is 12.5. The number of carbonyl (C=O) groups is 1. The molecule has 4 rings (SSSR count). The van der Waals surface area contributed by atoms with Crippen LogP contribution in [-0.2, 0) is 11.4 Å². The number of ether oxygens (including phenoxy) is 3. The van der Waals surface area contributed by atoms with Gasteiger partial charge in [0.25, 0.3) is 5.91 Å². The van der Waals surface area contributed by atoms with Gasteiger partial charge in [0.1, 0.15) is 24.0 Å². The van der Waals surface area contributed by atoms with Gasteiger partial charge in [-0.1, -0.05) is 47.5 Å². The lowest BCUT2D eigenvalue weighted by Gasteiger charge is -2.08. The highest BCUT2D eigenvalue weighted by atomic mass is 35.5. The molecule has 0 radical (unpaired) electrons. The molecular weight excluding hydrogens is 451 g/mol. The molecule has 0 saturated carbocycles. The molecule has 1 amide bonds. The molecule has 6 nitrogen and oxygen atoms in total. The highest BCUT2D eigenvalue weighted by Gasteiger charge is 2.14. The van der Waals surface area contributed by atoms with Gasteiger partial charge >= 0.3 is 0 Å². The van der Waals surface area contributed by atoms with Crippen LogP contribution in [0.3, 0.4) is 0 Å². The van der Waals surface area contributed by atoms with E-state index in [0.717, 1.165) is 11.3 Å². The Hall–Kier alpha value is -3.66. The monoisotopic (exact) mass is 466 g/mol. The fourth-order valence-corrected chi connectivity index (χ4v) is 3.31. The number of halogens is 2. The lowest BCUT2D eigenvalue weighted by Crippen LogP contribution is -2.13. The summed E-state index contributed by atoms with van der Waals surface area (Å²) >= 11 is 12.0. The molecule has 8 heteroatoms. The predicted molar refractivity (Wildman–Crippen MR) is 122 cm³/mol. The minimum Gasteiger partial charge on any atom is -0.489 e. The van der Waals surface area contributed by atoms with Gasteiger partial charge in [-0.2, -0.15) is 5.26 Å². The number of anilines is 1. The average Bonchev–Trinajstić information content (AvgIpc) is 3.28. The summed E-state index contributed by atoms with van der Waals surface area (Å²) in [6.45, 7) is 0.585. The quantitative estimate of drug-likeness (QED) is 0.364. The van der Waals surface area contributed by atoms with E-state index >= 15 is 0 Å². The van der Waals surface area contributed by atoms with Gasteiger partial charge in [-0.3, -0.25) is 4.79 Å². The predicted octanol–water partition coefficient (Wildman–Crippen LogP) is 5.85. The molecular formula is C24H16Cl2N2O4. The number of nitriles is 1. The molecule has 0 spiro atoms. The number of rotatable bonds is 6. The number of amides is 1. The number of fused-ring (bicyclic) bond motifs is 1. The van der Waals surface area contributed by atoms with E-state index in [1.165, 1.54) is 6.08 Å². The van der Waals surface area contributed by atoms with E-state index in [1.54, 1.807) is 42.5 Å². The maximum Gasteiger partial charge on any atom is 0.266 e. The first-order valence-corrected chi connectivity index (χ1v) is 10.3. The van der Waals surface area contributed by atoms with Gasteiger partial charge in [-0.15, -0.1) is 0 Å². The van der Waals surface area contributed by atoms with Crippen LogP contribution in [0.25, 0.3) is 6.08 Å². The summed E-state index contributed by atoms with van der Waals surface area (Å²) in [5, 5.41) is 12.5. The van der Waals surface area contributed by atoms with E-state index in [0.29, 0.717) is 34.4 Å². The molecule has 1 aliphatic heterocycles. The highest BCUT2D eigenvalue weighted by Crippen LogP contribution is 2.33. The van der Waals surface area contributed by atoms with E-state index < -0.39 is 5.91 Å². The van der Waals surface area contributed by atoms with Crippen molar-refractivity contribution < 1.29 is 19.0 Å². The van der Waals surface area contributed by atoms with E-state index in [2.05, 4.69) is 5.32 Å². The Morgan fingerprint density at radius 2 is 1.88 bits per heavy atom. The summed E-state index contributed by atoms with van der Waals surface area (Å²) in [5.74, 6) is 1.49. The summed E-state index contributed by atoms with van der Waals surface area (Å²) in [7, 11) is 0. The lowest BCUT2D eigenvalue weighted by molar-refractivity contribution is -0.112. The Balaban J connectivity index is 1.40. The molecule has 1 heterocycles. The first kappa shape index (κ1) is 21.6. The number of nitrogens with zero attached hydrogens (tertiary/aromatic N) is 1. The number of carbonyl (C=O) groups excluding carboxylic acids is 1. The smallest absolute Gasteiger partial charge is 0.266 e. The molecule has 3 aromatic rings. The Morgan fingerprint density at radius 1 is 1.09 bits per heavy atom. The van der Waals surface area contributed by atoms with Crippen LogP contribution in [0.4, 0.5) is 5.69 Å². The molecule has 1 aliphatic rings. The molecule has 0 fully saturated rings. The van der Waals surface area contributed by atoms with Crippen molar-refractivity contribution in [1.82, 2.24) is 0 Å². The molecule has 160 valence electrons. The van der Waals surface area contributed by atoms with Gasteiger partial charge in [0.15, 0.2) is 11.5 Å². The molecule has 0 bridgehead atoms. The molecule has 0 saturated heterocycles. The number of benzene rings is 3. The maximum absolute atomic E-state index is 12.5. The van der Waals surface area contributed by atoms with Crippen LogP contribution in [0.2, 0.25) is 10.0 Å². The van der Waals surface area contributed by atoms with Crippen molar-refractivity contribution in [3.63, 3.8) is 0 Å². The summed E-state index contributed by atoms with van der Waals surface area (Å²) in [6.07, 6.45) is 1.48. The normalized spacial score (nSPS) is 12.2. The van der Waals surface area contributed by atoms with Crippen molar-refractivity contribution in [2.75, 3.05) is 12.1 Å². The fourth-order valence-electron chi connectivity index (χ4n) is 2.96. The summed E-state index contributed by atoms with van der Waals surface area (Å²) in [6, 6.07) is 19.4. The minimum absolute atomic E-state index is 0.0740. The molecule has 0 atom stereocenters. The van der Waals surface area contributed by atoms with Gasteiger partial charge < -0.3 is 19.5 Å². The largest absolute Gasteiger partial charge is 0.489 e. The first-order chi connectivity index (χ1) is 15.5. The third-order valence-corrected chi connectivity index (χ3v) is 5.42. The average molecular weight is 467 g/mol. The van der Waals surface area contributed by atoms with Gasteiger partial charge in [-0.25, -0.2) is 0 Å². The van der Waals surface area contributed by atoms with Crippen LogP contribution >= 0.6 is 23.2 Å². The maximum atomic E-state index is 12.5. The minimum atomic E-state index is -0.584. The van der Waals surface area contributed by atoms with Crippen molar-refractivity contribution in [3.05, 3.63) is 87.4 Å². The molecule has 1 N–H and O–H groups in total. The molecule has 32 heavy (non-hydrogen) atoms. The number of hydrogen-bond donors (Lipinski definition) is 1. The number of nitrogens with one attached hydrogen (secondary N) is 1. The van der Waals surface area contributed by atoms with Crippen LogP contribution in [0.5, 0.6) is 17.2 Å². The van der Waals surface area contributed by atoms with Crippen LogP contribution in [-0.4, -0.2) is 12.7 Å². The fraction of sp³-hybridized carbons (Fsp3) is 0.0833. The Morgan fingerprint density at radius 3 is 2.66 bits per heavy atom. The second-order valence-corrected chi connectivity index (χ2v) is 7.56. The first-order valence-electron chi connectivity index (χ1n) is 9.52. The van der Waals surface area contributed by atoms with Crippen molar-refractivity contribution in [1.29, 1.82) is 5.26 Å². The van der Waals surface area contributed by atoms with Crippen molar-refractivity contribution in [2.24, 2.45) is 0 Å². The van der Waals surface area contributed by atoms with Crippen LogP contribution in [0.1, 0.15) is 11.1 Å². The zero-order valence-corrected chi connectivity index (χ0v) is 18.1. The summed E-state index contributed by atoms with van der Waals surface area (Å²) < 4.78 is 16.5. The van der Waals surface area contributed by atoms with Crippen LogP contribution in [0.15, 0.2) is 66.2 Å². The van der Waals surface area contributed by atoms with Crippen LogP contribution in [0, 0.1) is 11.3 Å². The van der Waals surface area contributed by atoms with Crippen molar-refractivity contribution in [3.8, 4) is 23.3 Å². The highest BCUT2D eigenvalue weighted by molar-refractivity contribution is 6.44. The molecule has 0 aliphatic carbocycles. The number of hydrogen-bond acceptors (Lipinski definition) is 5. The Labute approximate surface area is 194 Å². The van der Waals surface area contributed by atoms with E-state index in [4.69, 9.17) is 37.4 Å². The van der Waals surface area contributed by atoms with Gasteiger partial charge in [0.05, 0.1) is 15.7 Å². The van der Waals surface area contributed by atoms with Gasteiger partial charge in [0, 0.05) is 0 Å². The Kier molecular flexibility index (Phi) is 6.50. The lowest BCUT2D eigenvalue weighted by atomic mass is 10.1. The standard InChI is InChI=1S/C24H16Cl2N2O4/c25-19-2-1-3-20(23(19)26)28-24(29)17(12-27)10-15-4-7-18(8-5-15)30-13-16-6-9-21-22(11-16)32-14-31-21/h1-11H,13-14H2,(H,28,29)/b17-10-. The van der Waals surface area contributed by atoms with Crippen molar-refractivity contribution >= 4 is 40.9 Å². The van der Waals surface area contributed by atoms with Gasteiger partial charge in [0.2, 0.25) is 6.79 Å². The second-order valence-electron chi connectivity index (χ2n) is 6.77. The molecule has 0 aromatic heterocycles.